The van der Waals surface area contributed by atoms with Crippen LogP contribution in [0.25, 0.3) is 0 Å². The molecule has 1 amide bonds. The first-order valence-corrected chi connectivity index (χ1v) is 8.24. The SMILES string of the molecule is O=C(CC1CC1)N1CC[C@](Cc2ccccc2)(C(=O)O)C(O)C1. The Morgan fingerprint density at radius 1 is 1.22 bits per heavy atom. The average Bonchev–Trinajstić information content (AvgIpc) is 3.34. The maximum Gasteiger partial charge on any atom is 0.312 e. The van der Waals surface area contributed by atoms with Crippen molar-refractivity contribution in [3.05, 3.63) is 35.9 Å². The minimum absolute atomic E-state index is 0.0465. The van der Waals surface area contributed by atoms with Gasteiger partial charge in [-0.05, 0) is 37.2 Å². The van der Waals surface area contributed by atoms with Crippen molar-refractivity contribution in [2.24, 2.45) is 11.3 Å². The Bertz CT molecular complexity index is 584. The number of carboxylic acids is 1. The minimum atomic E-state index is -1.21. The number of nitrogens with zero attached hydrogens (tertiary/aromatic N) is 1. The van der Waals surface area contributed by atoms with Crippen molar-refractivity contribution in [2.75, 3.05) is 13.1 Å². The number of piperidine rings is 1. The molecule has 0 aromatic heterocycles. The zero-order chi connectivity index (χ0) is 16.4. The van der Waals surface area contributed by atoms with Gasteiger partial charge >= 0.3 is 5.97 Å². The molecule has 1 aliphatic heterocycles. The van der Waals surface area contributed by atoms with Crippen molar-refractivity contribution in [1.82, 2.24) is 4.90 Å². The van der Waals surface area contributed by atoms with Gasteiger partial charge in [0.05, 0.1) is 6.10 Å². The summed E-state index contributed by atoms with van der Waals surface area (Å²) in [6.45, 7) is 0.520. The summed E-state index contributed by atoms with van der Waals surface area (Å²) in [6.07, 6.45) is 2.27. The third-order valence-corrected chi connectivity index (χ3v) is 5.16. The number of rotatable bonds is 5. The first-order valence-electron chi connectivity index (χ1n) is 8.24. The van der Waals surface area contributed by atoms with Crippen molar-refractivity contribution in [2.45, 2.75) is 38.2 Å². The molecular weight excluding hydrogens is 294 g/mol. The molecule has 1 aromatic carbocycles. The van der Waals surface area contributed by atoms with E-state index in [2.05, 4.69) is 0 Å². The topological polar surface area (TPSA) is 77.8 Å². The zero-order valence-corrected chi connectivity index (χ0v) is 13.1. The number of benzene rings is 1. The Morgan fingerprint density at radius 2 is 1.91 bits per heavy atom. The third-order valence-electron chi connectivity index (χ3n) is 5.16. The molecule has 5 nitrogen and oxygen atoms in total. The Morgan fingerprint density at radius 3 is 2.48 bits per heavy atom. The van der Waals surface area contributed by atoms with E-state index in [1.165, 1.54) is 0 Å². The maximum atomic E-state index is 12.2. The number of aliphatic carboxylic acids is 1. The van der Waals surface area contributed by atoms with Crippen LogP contribution < -0.4 is 0 Å². The van der Waals surface area contributed by atoms with Gasteiger partial charge in [0.15, 0.2) is 0 Å². The number of amides is 1. The molecule has 2 atom stereocenters. The number of carboxylic acid groups (broad SMARTS) is 1. The van der Waals surface area contributed by atoms with E-state index in [9.17, 15) is 19.8 Å². The summed E-state index contributed by atoms with van der Waals surface area (Å²) in [7, 11) is 0. The monoisotopic (exact) mass is 317 g/mol. The number of β-amino-alcohol motifs (C(OH)–C–C–N with tert-alkyl or cyclic N) is 1. The van der Waals surface area contributed by atoms with Crippen molar-refractivity contribution in [1.29, 1.82) is 0 Å². The first-order chi connectivity index (χ1) is 11.0. The van der Waals surface area contributed by atoms with Crippen LogP contribution in [0.3, 0.4) is 0 Å². The number of carbonyl (C=O) groups excluding carboxylic acids is 1. The summed E-state index contributed by atoms with van der Waals surface area (Å²) in [4.78, 5) is 25.7. The highest BCUT2D eigenvalue weighted by molar-refractivity contribution is 5.79. The van der Waals surface area contributed by atoms with E-state index < -0.39 is 17.5 Å². The molecule has 1 saturated heterocycles. The number of likely N-dealkylation sites (tertiary alicyclic amines) is 1. The second-order valence-corrected chi connectivity index (χ2v) is 6.88. The van der Waals surface area contributed by atoms with Crippen LogP contribution in [0.15, 0.2) is 30.3 Å². The lowest BCUT2D eigenvalue weighted by Gasteiger charge is -2.43. The van der Waals surface area contributed by atoms with Gasteiger partial charge in [-0.25, -0.2) is 0 Å². The Balaban J connectivity index is 1.71. The lowest BCUT2D eigenvalue weighted by molar-refractivity contribution is -0.166. The quantitative estimate of drug-likeness (QED) is 0.866. The van der Waals surface area contributed by atoms with E-state index in [-0.39, 0.29) is 25.3 Å². The molecule has 0 bridgehead atoms. The van der Waals surface area contributed by atoms with Crippen molar-refractivity contribution < 1.29 is 19.8 Å². The van der Waals surface area contributed by atoms with E-state index in [1.54, 1.807) is 4.90 Å². The fourth-order valence-electron chi connectivity index (χ4n) is 3.39. The van der Waals surface area contributed by atoms with Crippen LogP contribution in [0.1, 0.15) is 31.2 Å². The van der Waals surface area contributed by atoms with Crippen molar-refractivity contribution in [3.63, 3.8) is 0 Å². The van der Waals surface area contributed by atoms with Gasteiger partial charge in [-0.2, -0.15) is 0 Å². The number of hydrogen-bond acceptors (Lipinski definition) is 3. The largest absolute Gasteiger partial charge is 0.481 e. The zero-order valence-electron chi connectivity index (χ0n) is 13.1. The van der Waals surface area contributed by atoms with E-state index in [0.717, 1.165) is 18.4 Å². The highest BCUT2D eigenvalue weighted by Gasteiger charge is 2.49. The molecule has 1 unspecified atom stereocenters. The molecule has 2 fully saturated rings. The van der Waals surface area contributed by atoms with Crippen LogP contribution in [-0.4, -0.2) is 46.2 Å². The van der Waals surface area contributed by atoms with Crippen molar-refractivity contribution >= 4 is 11.9 Å². The number of hydrogen-bond donors (Lipinski definition) is 2. The first kappa shape index (κ1) is 16.0. The standard InChI is InChI=1S/C18H23NO4/c20-15-12-19(16(21)10-13-6-7-13)9-8-18(15,17(22)23)11-14-4-2-1-3-5-14/h1-5,13,15,20H,6-12H2,(H,22,23)/t15?,18-/m1/s1. The molecule has 3 rings (SSSR count). The van der Waals surface area contributed by atoms with Gasteiger partial charge < -0.3 is 15.1 Å². The van der Waals surface area contributed by atoms with Crippen LogP contribution in [0.4, 0.5) is 0 Å². The normalized spacial score (nSPS) is 27.7. The van der Waals surface area contributed by atoms with Gasteiger partial charge in [0.25, 0.3) is 0 Å². The number of aliphatic hydroxyl groups excluding tert-OH is 1. The fraction of sp³-hybridized carbons (Fsp3) is 0.556. The molecule has 1 heterocycles. The predicted octanol–water partition coefficient (Wildman–Crippen LogP) is 1.69. The lowest BCUT2D eigenvalue weighted by Crippen LogP contribution is -2.57. The number of carbonyl (C=O) groups is 2. The summed E-state index contributed by atoms with van der Waals surface area (Å²) in [5.74, 6) is -0.441. The molecule has 0 spiro atoms. The molecule has 1 aromatic rings. The van der Waals surface area contributed by atoms with Crippen LogP contribution in [0.2, 0.25) is 0 Å². The summed E-state index contributed by atoms with van der Waals surface area (Å²) < 4.78 is 0. The second-order valence-electron chi connectivity index (χ2n) is 6.88. The van der Waals surface area contributed by atoms with Gasteiger partial charge in [0.2, 0.25) is 5.91 Å². The molecular formula is C18H23NO4. The van der Waals surface area contributed by atoms with Crippen LogP contribution in [0.5, 0.6) is 0 Å². The maximum absolute atomic E-state index is 12.2. The second kappa shape index (κ2) is 6.32. The molecule has 1 saturated carbocycles. The van der Waals surface area contributed by atoms with Crippen LogP contribution in [0, 0.1) is 11.3 Å². The third kappa shape index (κ3) is 3.39. The number of aliphatic hydroxyl groups is 1. The Kier molecular flexibility index (Phi) is 4.39. The van der Waals surface area contributed by atoms with Gasteiger partial charge in [-0.1, -0.05) is 30.3 Å². The minimum Gasteiger partial charge on any atom is -0.481 e. The predicted molar refractivity (Wildman–Crippen MR) is 84.8 cm³/mol. The van der Waals surface area contributed by atoms with E-state index in [1.807, 2.05) is 30.3 Å². The Hall–Kier alpha value is -1.88. The van der Waals surface area contributed by atoms with Crippen molar-refractivity contribution in [3.8, 4) is 0 Å². The summed E-state index contributed by atoms with van der Waals surface area (Å²) in [5, 5.41) is 20.3. The molecule has 23 heavy (non-hydrogen) atoms. The summed E-state index contributed by atoms with van der Waals surface area (Å²) in [5.41, 5.74) is -0.316. The van der Waals surface area contributed by atoms with Crippen LogP contribution >= 0.6 is 0 Å². The van der Waals surface area contributed by atoms with Gasteiger partial charge in [0, 0.05) is 19.5 Å². The summed E-state index contributed by atoms with van der Waals surface area (Å²) >= 11 is 0. The molecule has 2 aliphatic rings. The molecule has 5 heteroatoms. The smallest absolute Gasteiger partial charge is 0.312 e. The fourth-order valence-corrected chi connectivity index (χ4v) is 3.39. The van der Waals surface area contributed by atoms with Crippen LogP contribution in [-0.2, 0) is 16.0 Å². The molecule has 1 aliphatic carbocycles. The highest BCUT2D eigenvalue weighted by Crippen LogP contribution is 2.38. The molecule has 2 N–H and O–H groups in total. The average molecular weight is 317 g/mol. The van der Waals surface area contributed by atoms with E-state index >= 15 is 0 Å². The highest BCUT2D eigenvalue weighted by atomic mass is 16.4. The van der Waals surface area contributed by atoms with E-state index in [4.69, 9.17) is 0 Å². The molecule has 0 radical (unpaired) electrons. The van der Waals surface area contributed by atoms with Gasteiger partial charge in [0.1, 0.15) is 5.41 Å². The van der Waals surface area contributed by atoms with Gasteiger partial charge in [-0.3, -0.25) is 9.59 Å². The lowest BCUT2D eigenvalue weighted by atomic mass is 9.71. The molecule has 124 valence electrons. The summed E-state index contributed by atoms with van der Waals surface area (Å²) in [6, 6.07) is 9.37. The van der Waals surface area contributed by atoms with E-state index in [0.29, 0.717) is 18.9 Å². The van der Waals surface area contributed by atoms with Gasteiger partial charge in [-0.15, -0.1) is 0 Å². The Labute approximate surface area is 135 Å².